The van der Waals surface area contributed by atoms with Gasteiger partial charge in [0.1, 0.15) is 6.10 Å². The third-order valence-corrected chi connectivity index (χ3v) is 3.76. The van der Waals surface area contributed by atoms with Crippen molar-refractivity contribution in [3.05, 3.63) is 34.9 Å². The maximum Gasteiger partial charge on any atom is 0.332 e. The van der Waals surface area contributed by atoms with E-state index in [2.05, 4.69) is 0 Å². The van der Waals surface area contributed by atoms with Crippen LogP contribution in [0, 0.1) is 0 Å². The van der Waals surface area contributed by atoms with Crippen LogP contribution in [0.1, 0.15) is 25.3 Å². The van der Waals surface area contributed by atoms with Crippen molar-refractivity contribution in [3.63, 3.8) is 0 Å². The summed E-state index contributed by atoms with van der Waals surface area (Å²) in [5.74, 6) is -1.18. The van der Waals surface area contributed by atoms with E-state index >= 15 is 0 Å². The summed E-state index contributed by atoms with van der Waals surface area (Å²) in [6.45, 7) is 2.85. The van der Waals surface area contributed by atoms with Gasteiger partial charge in [-0.3, -0.25) is 4.79 Å². The standard InChI is InChI=1S/C15H18ClNO4/c1-2-17(9-10-4-3-5-11(16)8-10)14(18)12-6-7-13(21-12)15(19)20/h3-5,8,12-13H,2,6-7,9H2,1H3,(H,19,20). The number of ether oxygens (including phenoxy) is 1. The molecule has 1 aromatic rings. The molecule has 1 amide bonds. The van der Waals surface area contributed by atoms with E-state index in [4.69, 9.17) is 21.4 Å². The average Bonchev–Trinajstić information content (AvgIpc) is 2.94. The van der Waals surface area contributed by atoms with Gasteiger partial charge in [-0.1, -0.05) is 23.7 Å². The molecule has 0 saturated carbocycles. The quantitative estimate of drug-likeness (QED) is 0.906. The van der Waals surface area contributed by atoms with E-state index in [9.17, 15) is 9.59 Å². The third-order valence-electron chi connectivity index (χ3n) is 3.53. The van der Waals surface area contributed by atoms with Crippen molar-refractivity contribution in [2.75, 3.05) is 6.54 Å². The smallest absolute Gasteiger partial charge is 0.332 e. The second-order valence-electron chi connectivity index (χ2n) is 5.01. The van der Waals surface area contributed by atoms with Crippen molar-refractivity contribution in [2.24, 2.45) is 0 Å². The predicted octanol–water partition coefficient (Wildman–Crippen LogP) is 2.32. The maximum atomic E-state index is 12.4. The van der Waals surface area contributed by atoms with Gasteiger partial charge in [0.05, 0.1) is 0 Å². The summed E-state index contributed by atoms with van der Waals surface area (Å²) in [4.78, 5) is 24.9. The molecule has 0 aromatic heterocycles. The number of nitrogens with zero attached hydrogens (tertiary/aromatic N) is 1. The highest BCUT2D eigenvalue weighted by molar-refractivity contribution is 6.30. The minimum absolute atomic E-state index is 0.166. The number of carboxylic acid groups (broad SMARTS) is 1. The van der Waals surface area contributed by atoms with Crippen LogP contribution in [-0.4, -0.2) is 40.6 Å². The number of aliphatic carboxylic acids is 1. The first-order valence-electron chi connectivity index (χ1n) is 6.92. The van der Waals surface area contributed by atoms with Crippen molar-refractivity contribution in [3.8, 4) is 0 Å². The van der Waals surface area contributed by atoms with Crippen LogP contribution in [0.5, 0.6) is 0 Å². The van der Waals surface area contributed by atoms with Gasteiger partial charge in [0.15, 0.2) is 6.10 Å². The minimum Gasteiger partial charge on any atom is -0.479 e. The minimum atomic E-state index is -1.01. The number of carbonyl (C=O) groups excluding carboxylic acids is 1. The summed E-state index contributed by atoms with van der Waals surface area (Å²) in [6.07, 6.45) is -0.712. The average molecular weight is 312 g/mol. The first-order chi connectivity index (χ1) is 10.0. The lowest BCUT2D eigenvalue weighted by Crippen LogP contribution is -2.39. The molecule has 21 heavy (non-hydrogen) atoms. The van der Waals surface area contributed by atoms with Crippen LogP contribution in [0.2, 0.25) is 5.02 Å². The topological polar surface area (TPSA) is 66.8 Å². The number of carboxylic acids is 1. The fourth-order valence-corrected chi connectivity index (χ4v) is 2.62. The Labute approximate surface area is 128 Å². The van der Waals surface area contributed by atoms with Gasteiger partial charge in [0.2, 0.25) is 0 Å². The van der Waals surface area contributed by atoms with Crippen molar-refractivity contribution >= 4 is 23.5 Å². The summed E-state index contributed by atoms with van der Waals surface area (Å²) in [7, 11) is 0. The molecule has 114 valence electrons. The molecule has 1 N–H and O–H groups in total. The third kappa shape index (κ3) is 3.95. The second kappa shape index (κ2) is 6.91. The zero-order valence-electron chi connectivity index (χ0n) is 11.8. The molecular formula is C15H18ClNO4. The molecule has 1 aliphatic rings. The van der Waals surface area contributed by atoms with Crippen LogP contribution in [0.15, 0.2) is 24.3 Å². The summed E-state index contributed by atoms with van der Waals surface area (Å²) < 4.78 is 5.31. The second-order valence-corrected chi connectivity index (χ2v) is 5.45. The van der Waals surface area contributed by atoms with E-state index in [1.807, 2.05) is 25.1 Å². The molecule has 2 rings (SSSR count). The Morgan fingerprint density at radius 1 is 1.38 bits per heavy atom. The van der Waals surface area contributed by atoms with Gasteiger partial charge in [0.25, 0.3) is 5.91 Å². The fourth-order valence-electron chi connectivity index (χ4n) is 2.41. The van der Waals surface area contributed by atoms with Crippen LogP contribution >= 0.6 is 11.6 Å². The van der Waals surface area contributed by atoms with Crippen LogP contribution in [0.3, 0.4) is 0 Å². The summed E-state index contributed by atoms with van der Waals surface area (Å²) in [5.41, 5.74) is 0.936. The molecule has 0 bridgehead atoms. The van der Waals surface area contributed by atoms with Crippen LogP contribution in [-0.2, 0) is 20.9 Å². The number of likely N-dealkylation sites (N-methyl/N-ethyl adjacent to an activating group) is 1. The lowest BCUT2D eigenvalue weighted by Gasteiger charge is -2.24. The van der Waals surface area contributed by atoms with Gasteiger partial charge in [-0.2, -0.15) is 0 Å². The molecule has 0 spiro atoms. The SMILES string of the molecule is CCN(Cc1cccc(Cl)c1)C(=O)C1CCC(C(=O)O)O1. The maximum absolute atomic E-state index is 12.4. The van der Waals surface area contributed by atoms with Crippen molar-refractivity contribution in [1.29, 1.82) is 0 Å². The number of hydrogen-bond donors (Lipinski definition) is 1. The molecular weight excluding hydrogens is 294 g/mol. The predicted molar refractivity (Wildman–Crippen MR) is 78.1 cm³/mol. The zero-order chi connectivity index (χ0) is 15.4. The molecule has 1 aromatic carbocycles. The van der Waals surface area contributed by atoms with Gasteiger partial charge >= 0.3 is 5.97 Å². The molecule has 2 unspecified atom stereocenters. The molecule has 5 nitrogen and oxygen atoms in total. The molecule has 0 radical (unpaired) electrons. The Hall–Kier alpha value is -1.59. The molecule has 1 heterocycles. The van der Waals surface area contributed by atoms with Crippen molar-refractivity contribution < 1.29 is 19.4 Å². The Morgan fingerprint density at radius 2 is 2.10 bits per heavy atom. The first kappa shape index (κ1) is 15.8. The van der Waals surface area contributed by atoms with Crippen molar-refractivity contribution in [2.45, 2.75) is 38.5 Å². The van der Waals surface area contributed by atoms with E-state index in [-0.39, 0.29) is 5.91 Å². The van der Waals surface area contributed by atoms with E-state index in [1.165, 1.54) is 0 Å². The highest BCUT2D eigenvalue weighted by Crippen LogP contribution is 2.22. The van der Waals surface area contributed by atoms with Gasteiger partial charge in [-0.25, -0.2) is 4.79 Å². The van der Waals surface area contributed by atoms with E-state index in [1.54, 1.807) is 11.0 Å². The molecule has 2 atom stereocenters. The Morgan fingerprint density at radius 3 is 2.67 bits per heavy atom. The van der Waals surface area contributed by atoms with Crippen LogP contribution < -0.4 is 0 Å². The lowest BCUT2D eigenvalue weighted by atomic mass is 10.1. The largest absolute Gasteiger partial charge is 0.479 e. The highest BCUT2D eigenvalue weighted by Gasteiger charge is 2.36. The van der Waals surface area contributed by atoms with Gasteiger partial charge in [-0.05, 0) is 37.5 Å². The lowest BCUT2D eigenvalue weighted by molar-refractivity contribution is -0.155. The number of benzene rings is 1. The zero-order valence-corrected chi connectivity index (χ0v) is 12.5. The van der Waals surface area contributed by atoms with Gasteiger partial charge < -0.3 is 14.7 Å². The fraction of sp³-hybridized carbons (Fsp3) is 0.467. The molecule has 1 aliphatic heterocycles. The van der Waals surface area contributed by atoms with Crippen LogP contribution in [0.4, 0.5) is 0 Å². The molecule has 6 heteroatoms. The molecule has 1 saturated heterocycles. The normalized spacial score (nSPS) is 21.2. The number of hydrogen-bond acceptors (Lipinski definition) is 3. The van der Waals surface area contributed by atoms with Gasteiger partial charge in [0, 0.05) is 18.1 Å². The van der Waals surface area contributed by atoms with E-state index in [0.29, 0.717) is 31.0 Å². The number of amides is 1. The number of halogens is 1. The van der Waals surface area contributed by atoms with Gasteiger partial charge in [-0.15, -0.1) is 0 Å². The molecule has 0 aliphatic carbocycles. The summed E-state index contributed by atoms with van der Waals surface area (Å²) in [5, 5.41) is 9.53. The van der Waals surface area contributed by atoms with E-state index in [0.717, 1.165) is 5.56 Å². The summed E-state index contributed by atoms with van der Waals surface area (Å²) >= 11 is 5.94. The monoisotopic (exact) mass is 311 g/mol. The Kier molecular flexibility index (Phi) is 5.20. The first-order valence-corrected chi connectivity index (χ1v) is 7.30. The highest BCUT2D eigenvalue weighted by atomic mass is 35.5. The number of carbonyl (C=O) groups is 2. The van der Waals surface area contributed by atoms with Crippen LogP contribution in [0.25, 0.3) is 0 Å². The molecule has 1 fully saturated rings. The van der Waals surface area contributed by atoms with Crippen molar-refractivity contribution in [1.82, 2.24) is 4.90 Å². The Balaban J connectivity index is 2.01. The van der Waals surface area contributed by atoms with E-state index < -0.39 is 18.2 Å². The summed E-state index contributed by atoms with van der Waals surface area (Å²) in [6, 6.07) is 7.33. The number of rotatable bonds is 5. The Bertz CT molecular complexity index is 534.